The monoisotopic (exact) mass is 240 g/mol. The molecule has 18 heavy (non-hydrogen) atoms. The zero-order valence-corrected chi connectivity index (χ0v) is 9.25. The van der Waals surface area contributed by atoms with Crippen LogP contribution in [0.15, 0.2) is 48.5 Å². The minimum atomic E-state index is -1.30. The standard InChI is InChI=1S/C14H10O4/c15-13(16)10-5-3-4-9(8-10)11-6-1-2-7-12(11)14(17)18/h1-8H,(H,15,16)(H,17,18)/p-2. The lowest BCUT2D eigenvalue weighted by Crippen LogP contribution is -2.23. The van der Waals surface area contributed by atoms with Crippen molar-refractivity contribution in [3.05, 3.63) is 59.7 Å². The molecule has 2 aromatic rings. The summed E-state index contributed by atoms with van der Waals surface area (Å²) in [4.78, 5) is 21.7. The number of hydrogen-bond acceptors (Lipinski definition) is 4. The van der Waals surface area contributed by atoms with Crippen molar-refractivity contribution >= 4 is 11.9 Å². The molecular formula is C14H8O4-2. The summed E-state index contributed by atoms with van der Waals surface area (Å²) in [5, 5.41) is 21.7. The van der Waals surface area contributed by atoms with Gasteiger partial charge in [-0.15, -0.1) is 0 Å². The predicted octanol–water partition coefficient (Wildman–Crippen LogP) is 0.0806. The first-order chi connectivity index (χ1) is 8.59. The largest absolute Gasteiger partial charge is 0.545 e. The lowest BCUT2D eigenvalue weighted by molar-refractivity contribution is -0.256. The fourth-order valence-corrected chi connectivity index (χ4v) is 1.73. The molecular weight excluding hydrogens is 232 g/mol. The lowest BCUT2D eigenvalue weighted by atomic mass is 9.98. The smallest absolute Gasteiger partial charge is 0.0721 e. The molecule has 0 atom stereocenters. The van der Waals surface area contributed by atoms with Gasteiger partial charge in [0.15, 0.2) is 0 Å². The van der Waals surface area contributed by atoms with E-state index in [1.165, 1.54) is 24.3 Å². The predicted molar refractivity (Wildman–Crippen MR) is 60.5 cm³/mol. The number of hydrogen-bond donors (Lipinski definition) is 0. The van der Waals surface area contributed by atoms with Crippen LogP contribution in [0.1, 0.15) is 20.7 Å². The van der Waals surface area contributed by atoms with Crippen LogP contribution in [0.5, 0.6) is 0 Å². The minimum Gasteiger partial charge on any atom is -0.545 e. The summed E-state index contributed by atoms with van der Waals surface area (Å²) in [5.74, 6) is -2.60. The molecule has 0 bridgehead atoms. The molecule has 2 rings (SSSR count). The molecule has 0 aliphatic carbocycles. The van der Waals surface area contributed by atoms with E-state index in [-0.39, 0.29) is 11.1 Å². The molecule has 4 heteroatoms. The van der Waals surface area contributed by atoms with Gasteiger partial charge in [0, 0.05) is 5.56 Å². The van der Waals surface area contributed by atoms with E-state index in [1.807, 2.05) is 0 Å². The van der Waals surface area contributed by atoms with Crippen LogP contribution in [0.4, 0.5) is 0 Å². The molecule has 0 saturated heterocycles. The molecule has 0 radical (unpaired) electrons. The third kappa shape index (κ3) is 2.22. The Labute approximate surface area is 103 Å². The number of carboxylic acids is 2. The average molecular weight is 240 g/mol. The zero-order valence-electron chi connectivity index (χ0n) is 9.25. The highest BCUT2D eigenvalue weighted by Crippen LogP contribution is 2.24. The molecule has 0 fully saturated rings. The molecule has 0 aliphatic rings. The Morgan fingerprint density at radius 3 is 2.22 bits per heavy atom. The van der Waals surface area contributed by atoms with Crippen molar-refractivity contribution in [3.63, 3.8) is 0 Å². The van der Waals surface area contributed by atoms with Gasteiger partial charge in [0.1, 0.15) is 0 Å². The Kier molecular flexibility index (Phi) is 3.10. The second-order valence-electron chi connectivity index (χ2n) is 3.70. The molecule has 0 N–H and O–H groups in total. The van der Waals surface area contributed by atoms with Crippen molar-refractivity contribution in [2.45, 2.75) is 0 Å². The highest BCUT2D eigenvalue weighted by molar-refractivity contribution is 5.96. The second kappa shape index (κ2) is 4.71. The van der Waals surface area contributed by atoms with Gasteiger partial charge in [-0.3, -0.25) is 0 Å². The summed E-state index contributed by atoms with van der Waals surface area (Å²) in [7, 11) is 0. The summed E-state index contributed by atoms with van der Waals surface area (Å²) in [5.41, 5.74) is 0.936. The number of carbonyl (C=O) groups excluding carboxylic acids is 2. The highest BCUT2D eigenvalue weighted by atomic mass is 16.4. The van der Waals surface area contributed by atoms with Gasteiger partial charge in [0.05, 0.1) is 11.9 Å². The zero-order chi connectivity index (χ0) is 13.1. The summed E-state index contributed by atoms with van der Waals surface area (Å²) in [6, 6.07) is 12.2. The summed E-state index contributed by atoms with van der Waals surface area (Å²) in [6.45, 7) is 0. The van der Waals surface area contributed by atoms with Gasteiger partial charge in [0.25, 0.3) is 0 Å². The number of carbonyl (C=O) groups is 2. The maximum absolute atomic E-state index is 11.0. The van der Waals surface area contributed by atoms with Gasteiger partial charge >= 0.3 is 0 Å². The van der Waals surface area contributed by atoms with Crippen LogP contribution in [0.25, 0.3) is 11.1 Å². The molecule has 0 aromatic heterocycles. The van der Waals surface area contributed by atoms with Crippen LogP contribution in [0.3, 0.4) is 0 Å². The first-order valence-electron chi connectivity index (χ1n) is 5.22. The molecule has 4 nitrogen and oxygen atoms in total. The maximum atomic E-state index is 11.0. The van der Waals surface area contributed by atoms with Gasteiger partial charge in [-0.2, -0.15) is 0 Å². The van der Waals surface area contributed by atoms with E-state index in [2.05, 4.69) is 0 Å². The van der Waals surface area contributed by atoms with Crippen LogP contribution in [0.2, 0.25) is 0 Å². The lowest BCUT2D eigenvalue weighted by Gasteiger charge is -2.11. The van der Waals surface area contributed by atoms with Crippen molar-refractivity contribution in [3.8, 4) is 11.1 Å². The molecule has 0 heterocycles. The van der Waals surface area contributed by atoms with Gasteiger partial charge in [0.2, 0.25) is 0 Å². The summed E-state index contributed by atoms with van der Waals surface area (Å²) in [6.07, 6.45) is 0. The Bertz CT molecular complexity index is 617. The molecule has 90 valence electrons. The third-order valence-electron chi connectivity index (χ3n) is 2.56. The molecule has 2 aromatic carbocycles. The van der Waals surface area contributed by atoms with Crippen LogP contribution in [0, 0.1) is 0 Å². The van der Waals surface area contributed by atoms with Crippen molar-refractivity contribution in [1.29, 1.82) is 0 Å². The van der Waals surface area contributed by atoms with Gasteiger partial charge in [-0.05, 0) is 22.8 Å². The Balaban J connectivity index is 2.58. The van der Waals surface area contributed by atoms with E-state index in [9.17, 15) is 19.8 Å². The number of carboxylic acid groups (broad SMARTS) is 2. The maximum Gasteiger partial charge on any atom is 0.0721 e. The average Bonchev–Trinajstić information content (AvgIpc) is 2.39. The van der Waals surface area contributed by atoms with Crippen LogP contribution in [-0.2, 0) is 0 Å². The SMILES string of the molecule is O=C([O-])c1cccc(-c2ccccc2C(=O)[O-])c1. The Hall–Kier alpha value is -2.62. The van der Waals surface area contributed by atoms with E-state index >= 15 is 0 Å². The molecule has 0 saturated carbocycles. The fraction of sp³-hybridized carbons (Fsp3) is 0. The summed E-state index contributed by atoms with van der Waals surface area (Å²) >= 11 is 0. The van der Waals surface area contributed by atoms with E-state index in [0.29, 0.717) is 11.1 Å². The van der Waals surface area contributed by atoms with Crippen molar-refractivity contribution < 1.29 is 19.8 Å². The Morgan fingerprint density at radius 1 is 0.833 bits per heavy atom. The van der Waals surface area contributed by atoms with E-state index in [1.54, 1.807) is 24.3 Å². The third-order valence-corrected chi connectivity index (χ3v) is 2.56. The topological polar surface area (TPSA) is 80.3 Å². The second-order valence-corrected chi connectivity index (χ2v) is 3.70. The fourth-order valence-electron chi connectivity index (χ4n) is 1.73. The number of rotatable bonds is 3. The van der Waals surface area contributed by atoms with E-state index in [0.717, 1.165) is 0 Å². The van der Waals surface area contributed by atoms with Crippen molar-refractivity contribution in [2.75, 3.05) is 0 Å². The van der Waals surface area contributed by atoms with Crippen molar-refractivity contribution in [2.24, 2.45) is 0 Å². The molecule has 0 unspecified atom stereocenters. The number of aromatic carboxylic acids is 2. The molecule has 0 aliphatic heterocycles. The first-order valence-corrected chi connectivity index (χ1v) is 5.22. The first kappa shape index (κ1) is 11.9. The molecule has 0 amide bonds. The summed E-state index contributed by atoms with van der Waals surface area (Å²) < 4.78 is 0. The Morgan fingerprint density at radius 2 is 1.56 bits per heavy atom. The molecule has 0 spiro atoms. The quantitative estimate of drug-likeness (QED) is 0.761. The van der Waals surface area contributed by atoms with E-state index in [4.69, 9.17) is 0 Å². The number of benzene rings is 2. The van der Waals surface area contributed by atoms with Crippen molar-refractivity contribution in [1.82, 2.24) is 0 Å². The minimum absolute atomic E-state index is 0.000603. The van der Waals surface area contributed by atoms with Gasteiger partial charge in [-0.25, -0.2) is 0 Å². The normalized spacial score (nSPS) is 10.0. The van der Waals surface area contributed by atoms with Gasteiger partial charge in [-0.1, -0.05) is 42.5 Å². The van der Waals surface area contributed by atoms with Crippen LogP contribution >= 0.6 is 0 Å². The van der Waals surface area contributed by atoms with Gasteiger partial charge < -0.3 is 19.8 Å². The van der Waals surface area contributed by atoms with Crippen LogP contribution in [-0.4, -0.2) is 11.9 Å². The van der Waals surface area contributed by atoms with E-state index < -0.39 is 11.9 Å². The highest BCUT2D eigenvalue weighted by Gasteiger charge is 2.06. The van der Waals surface area contributed by atoms with Crippen LogP contribution < -0.4 is 10.2 Å².